The van der Waals surface area contributed by atoms with Gasteiger partial charge in [0.25, 0.3) is 0 Å². The minimum atomic E-state index is -0.127. The predicted octanol–water partition coefficient (Wildman–Crippen LogP) is 3.76. The van der Waals surface area contributed by atoms with Crippen LogP contribution in [0.4, 0.5) is 4.39 Å². The Labute approximate surface area is 119 Å². The van der Waals surface area contributed by atoms with Gasteiger partial charge in [-0.25, -0.2) is 4.39 Å². The molecule has 2 nitrogen and oxygen atoms in total. The van der Waals surface area contributed by atoms with Crippen LogP contribution in [0.2, 0.25) is 0 Å². The third kappa shape index (κ3) is 2.83. The second-order valence-electron chi connectivity index (χ2n) is 4.96. The molecular formula is C17H20FNO. The second kappa shape index (κ2) is 6.06. The number of hydrogen-bond donors (Lipinski definition) is 1. The third-order valence-electron chi connectivity index (χ3n) is 3.53. The molecule has 0 saturated heterocycles. The Kier molecular flexibility index (Phi) is 4.40. The minimum Gasteiger partial charge on any atom is -0.497 e. The van der Waals surface area contributed by atoms with E-state index in [0.29, 0.717) is 11.1 Å². The van der Waals surface area contributed by atoms with E-state index in [4.69, 9.17) is 4.74 Å². The van der Waals surface area contributed by atoms with Crippen LogP contribution in [-0.2, 0) is 0 Å². The molecule has 1 N–H and O–H groups in total. The van der Waals surface area contributed by atoms with Gasteiger partial charge in [-0.2, -0.15) is 0 Å². The molecule has 106 valence electrons. The maximum Gasteiger partial charge on any atom is 0.129 e. The molecule has 0 saturated carbocycles. The number of benzene rings is 2. The number of hydrogen-bond acceptors (Lipinski definition) is 2. The first-order valence-corrected chi connectivity index (χ1v) is 6.64. The van der Waals surface area contributed by atoms with Crippen LogP contribution in [0.1, 0.15) is 28.3 Å². The maximum atomic E-state index is 13.7. The highest BCUT2D eigenvalue weighted by Crippen LogP contribution is 2.26. The summed E-state index contributed by atoms with van der Waals surface area (Å²) >= 11 is 0. The fourth-order valence-corrected chi connectivity index (χ4v) is 2.47. The summed E-state index contributed by atoms with van der Waals surface area (Å²) in [5.74, 6) is 0.702. The molecule has 1 atom stereocenters. The molecule has 0 fully saturated rings. The summed E-state index contributed by atoms with van der Waals surface area (Å²) in [4.78, 5) is 0. The Morgan fingerprint density at radius 2 is 1.55 bits per heavy atom. The van der Waals surface area contributed by atoms with Crippen LogP contribution in [-0.4, -0.2) is 14.2 Å². The highest BCUT2D eigenvalue weighted by Gasteiger charge is 2.14. The molecule has 0 aliphatic carbocycles. The van der Waals surface area contributed by atoms with Crippen molar-refractivity contribution in [1.29, 1.82) is 0 Å². The van der Waals surface area contributed by atoms with Crippen molar-refractivity contribution in [3.8, 4) is 5.75 Å². The molecule has 0 heterocycles. The first-order chi connectivity index (χ1) is 9.56. The molecule has 0 bridgehead atoms. The van der Waals surface area contributed by atoms with E-state index < -0.39 is 0 Å². The molecule has 20 heavy (non-hydrogen) atoms. The summed E-state index contributed by atoms with van der Waals surface area (Å²) < 4.78 is 18.9. The lowest BCUT2D eigenvalue weighted by Gasteiger charge is -2.19. The molecule has 0 spiro atoms. The topological polar surface area (TPSA) is 21.3 Å². The van der Waals surface area contributed by atoms with Gasteiger partial charge in [-0.3, -0.25) is 0 Å². The molecule has 2 rings (SSSR count). The quantitative estimate of drug-likeness (QED) is 0.915. The Balaban J connectivity index is 2.41. The van der Waals surface area contributed by atoms with Crippen LogP contribution in [0.15, 0.2) is 36.4 Å². The van der Waals surface area contributed by atoms with Gasteiger partial charge in [0.05, 0.1) is 13.2 Å². The molecule has 0 aliphatic rings. The van der Waals surface area contributed by atoms with Crippen LogP contribution in [0, 0.1) is 19.7 Å². The fourth-order valence-electron chi connectivity index (χ4n) is 2.47. The molecule has 1 unspecified atom stereocenters. The van der Waals surface area contributed by atoms with Gasteiger partial charge < -0.3 is 10.1 Å². The largest absolute Gasteiger partial charge is 0.497 e. The molecule has 2 aromatic carbocycles. The molecule has 0 amide bonds. The summed E-state index contributed by atoms with van der Waals surface area (Å²) in [6.45, 7) is 3.60. The van der Waals surface area contributed by atoms with E-state index >= 15 is 0 Å². The standard InChI is InChI=1S/C17H20FNO/c1-11-9-14(10-12(2)16(11)18)17(19-3)13-5-7-15(20-4)8-6-13/h5-10,17,19H,1-4H3. The number of ether oxygens (including phenoxy) is 1. The number of methoxy groups -OCH3 is 1. The molecule has 3 heteroatoms. The van der Waals surface area contributed by atoms with E-state index in [1.54, 1.807) is 21.0 Å². The molecule has 0 aromatic heterocycles. The van der Waals surface area contributed by atoms with Crippen molar-refractivity contribution >= 4 is 0 Å². The molecule has 0 aliphatic heterocycles. The molecule has 0 radical (unpaired) electrons. The summed E-state index contributed by atoms with van der Waals surface area (Å²) in [7, 11) is 3.56. The van der Waals surface area contributed by atoms with Crippen LogP contribution in [0.3, 0.4) is 0 Å². The number of halogens is 1. The monoisotopic (exact) mass is 273 g/mol. The van der Waals surface area contributed by atoms with Crippen molar-refractivity contribution in [1.82, 2.24) is 5.32 Å². The van der Waals surface area contributed by atoms with Crippen LogP contribution in [0.5, 0.6) is 5.75 Å². The Hall–Kier alpha value is -1.87. The van der Waals surface area contributed by atoms with Gasteiger partial charge >= 0.3 is 0 Å². The van der Waals surface area contributed by atoms with Crippen molar-refractivity contribution in [3.05, 3.63) is 64.5 Å². The highest BCUT2D eigenvalue weighted by molar-refractivity contribution is 5.39. The third-order valence-corrected chi connectivity index (χ3v) is 3.53. The highest BCUT2D eigenvalue weighted by atomic mass is 19.1. The van der Waals surface area contributed by atoms with E-state index in [1.807, 2.05) is 43.4 Å². The molecular weight excluding hydrogens is 253 g/mol. The van der Waals surface area contributed by atoms with Crippen LogP contribution >= 0.6 is 0 Å². The van der Waals surface area contributed by atoms with Gasteiger partial charge in [0, 0.05) is 0 Å². The zero-order chi connectivity index (χ0) is 14.7. The van der Waals surface area contributed by atoms with E-state index in [9.17, 15) is 4.39 Å². The van der Waals surface area contributed by atoms with E-state index in [-0.39, 0.29) is 11.9 Å². The lowest BCUT2D eigenvalue weighted by molar-refractivity contribution is 0.414. The summed E-state index contributed by atoms with van der Waals surface area (Å²) in [6, 6.07) is 11.7. The summed E-state index contributed by atoms with van der Waals surface area (Å²) in [5.41, 5.74) is 3.54. The van der Waals surface area contributed by atoms with Gasteiger partial charge in [0.2, 0.25) is 0 Å². The number of aryl methyl sites for hydroxylation is 2. The van der Waals surface area contributed by atoms with Crippen LogP contribution in [0.25, 0.3) is 0 Å². The average molecular weight is 273 g/mol. The van der Waals surface area contributed by atoms with E-state index in [0.717, 1.165) is 16.9 Å². The normalized spacial score (nSPS) is 12.2. The van der Waals surface area contributed by atoms with Crippen molar-refractivity contribution in [2.24, 2.45) is 0 Å². The van der Waals surface area contributed by atoms with Crippen molar-refractivity contribution in [2.75, 3.05) is 14.2 Å². The van der Waals surface area contributed by atoms with Crippen molar-refractivity contribution in [2.45, 2.75) is 19.9 Å². The maximum absolute atomic E-state index is 13.7. The summed E-state index contributed by atoms with van der Waals surface area (Å²) in [5, 5.41) is 3.28. The lowest BCUT2D eigenvalue weighted by atomic mass is 9.95. The van der Waals surface area contributed by atoms with Crippen LogP contribution < -0.4 is 10.1 Å². The first kappa shape index (κ1) is 14.5. The summed E-state index contributed by atoms with van der Waals surface area (Å²) in [6.07, 6.45) is 0. The van der Waals surface area contributed by atoms with Crippen molar-refractivity contribution in [3.63, 3.8) is 0 Å². The van der Waals surface area contributed by atoms with Gasteiger partial charge in [0.15, 0.2) is 0 Å². The van der Waals surface area contributed by atoms with Gasteiger partial charge in [-0.15, -0.1) is 0 Å². The minimum absolute atomic E-state index is 0.0407. The number of rotatable bonds is 4. The van der Waals surface area contributed by atoms with E-state index in [2.05, 4.69) is 5.32 Å². The Bertz CT molecular complexity index is 569. The average Bonchev–Trinajstić information content (AvgIpc) is 2.46. The van der Waals surface area contributed by atoms with Crippen molar-refractivity contribution < 1.29 is 9.13 Å². The zero-order valence-corrected chi connectivity index (χ0v) is 12.3. The molecule has 2 aromatic rings. The number of nitrogens with one attached hydrogen (secondary N) is 1. The van der Waals surface area contributed by atoms with E-state index in [1.165, 1.54) is 0 Å². The zero-order valence-electron chi connectivity index (χ0n) is 12.3. The predicted molar refractivity (Wildman–Crippen MR) is 79.8 cm³/mol. The first-order valence-electron chi connectivity index (χ1n) is 6.64. The lowest BCUT2D eigenvalue weighted by Crippen LogP contribution is -2.18. The van der Waals surface area contributed by atoms with Gasteiger partial charge in [-0.05, 0) is 55.3 Å². The van der Waals surface area contributed by atoms with Gasteiger partial charge in [0.1, 0.15) is 11.6 Å². The Morgan fingerprint density at radius 1 is 1.00 bits per heavy atom. The smallest absolute Gasteiger partial charge is 0.129 e. The Morgan fingerprint density at radius 3 is 2.00 bits per heavy atom. The fraction of sp³-hybridized carbons (Fsp3) is 0.294. The second-order valence-corrected chi connectivity index (χ2v) is 4.96. The SMILES string of the molecule is CNC(c1ccc(OC)cc1)c1cc(C)c(F)c(C)c1. The van der Waals surface area contributed by atoms with Gasteiger partial charge in [-0.1, -0.05) is 24.3 Å².